The summed E-state index contributed by atoms with van der Waals surface area (Å²) < 4.78 is 0. The number of halogens is 1. The molecule has 1 fully saturated rings. The van der Waals surface area contributed by atoms with Crippen molar-refractivity contribution < 1.29 is 9.59 Å². The predicted molar refractivity (Wildman–Crippen MR) is 67.6 cm³/mol. The third-order valence-electron chi connectivity index (χ3n) is 2.78. The van der Waals surface area contributed by atoms with Gasteiger partial charge in [0.15, 0.2) is 0 Å². The lowest BCUT2D eigenvalue weighted by atomic mass is 9.83. The van der Waals surface area contributed by atoms with E-state index in [2.05, 4.69) is 5.32 Å². The maximum Gasteiger partial charge on any atom is 0.245 e. The predicted octanol–water partition coefficient (Wildman–Crippen LogP) is 1.50. The molecule has 2 amide bonds. The van der Waals surface area contributed by atoms with Gasteiger partial charge in [-0.3, -0.25) is 9.59 Å². The summed E-state index contributed by atoms with van der Waals surface area (Å²) in [6.07, 6.45) is 1.67. The van der Waals surface area contributed by atoms with E-state index < -0.39 is 12.1 Å². The zero-order chi connectivity index (χ0) is 13.2. The molecule has 1 saturated heterocycles. The molecular weight excluding hydrogens is 240 g/mol. The van der Waals surface area contributed by atoms with Crippen LogP contribution in [0.3, 0.4) is 0 Å². The van der Waals surface area contributed by atoms with Crippen LogP contribution in [0, 0.1) is 5.41 Å². The molecule has 0 aromatic rings. The fourth-order valence-electron chi connectivity index (χ4n) is 2.08. The van der Waals surface area contributed by atoms with Gasteiger partial charge in [0.05, 0.1) is 0 Å². The van der Waals surface area contributed by atoms with Crippen molar-refractivity contribution in [2.24, 2.45) is 5.41 Å². The number of carbonyl (C=O) groups is 2. The molecule has 4 nitrogen and oxygen atoms in total. The largest absolute Gasteiger partial charge is 0.343 e. The van der Waals surface area contributed by atoms with Crippen LogP contribution in [0.1, 0.15) is 27.7 Å². The molecule has 2 atom stereocenters. The zero-order valence-electron chi connectivity index (χ0n) is 10.7. The van der Waals surface area contributed by atoms with Crippen molar-refractivity contribution in [2.75, 3.05) is 6.54 Å². The normalized spacial score (nSPS) is 26.5. The second-order valence-corrected chi connectivity index (χ2v) is 5.60. The first-order valence-electron chi connectivity index (χ1n) is 5.65. The Morgan fingerprint density at radius 3 is 2.47 bits per heavy atom. The van der Waals surface area contributed by atoms with Gasteiger partial charge in [-0.25, -0.2) is 0 Å². The Hall–Kier alpha value is -1.03. The number of amides is 2. The second-order valence-electron chi connectivity index (χ2n) is 5.35. The van der Waals surface area contributed by atoms with Gasteiger partial charge in [0.25, 0.3) is 0 Å². The molecule has 0 radical (unpaired) electrons. The minimum atomic E-state index is -0.468. The third-order valence-corrected chi connectivity index (χ3v) is 2.96. The summed E-state index contributed by atoms with van der Waals surface area (Å²) in [5.41, 5.74) is 1.06. The lowest BCUT2D eigenvalue weighted by Gasteiger charge is -2.43. The third kappa shape index (κ3) is 3.00. The summed E-state index contributed by atoms with van der Waals surface area (Å²) in [5, 5.41) is 2.70. The fourth-order valence-corrected chi connectivity index (χ4v) is 2.16. The molecule has 1 heterocycles. The Balaban J connectivity index is 3.03. The molecule has 0 aromatic carbocycles. The van der Waals surface area contributed by atoms with Gasteiger partial charge >= 0.3 is 0 Å². The molecule has 0 aromatic heterocycles. The number of piperazine rings is 1. The van der Waals surface area contributed by atoms with Crippen LogP contribution in [0.5, 0.6) is 0 Å². The highest BCUT2D eigenvalue weighted by Gasteiger charge is 2.44. The van der Waals surface area contributed by atoms with E-state index in [4.69, 9.17) is 11.6 Å². The van der Waals surface area contributed by atoms with Crippen molar-refractivity contribution in [1.82, 2.24) is 10.2 Å². The number of hydrogen-bond donors (Lipinski definition) is 1. The van der Waals surface area contributed by atoms with Crippen LogP contribution in [0.15, 0.2) is 11.6 Å². The molecular formula is C12H19ClN2O2. The van der Waals surface area contributed by atoms with Crippen LogP contribution in [-0.2, 0) is 9.59 Å². The summed E-state index contributed by atoms with van der Waals surface area (Å²) in [4.78, 5) is 25.7. The Morgan fingerprint density at radius 2 is 2.00 bits per heavy atom. The minimum absolute atomic E-state index is 0.0701. The van der Waals surface area contributed by atoms with E-state index in [9.17, 15) is 9.59 Å². The summed E-state index contributed by atoms with van der Waals surface area (Å²) in [6, 6.07) is -0.927. The Kier molecular flexibility index (Phi) is 4.20. The van der Waals surface area contributed by atoms with Crippen LogP contribution in [0.4, 0.5) is 0 Å². The molecule has 2 unspecified atom stereocenters. The quantitative estimate of drug-likeness (QED) is 0.816. The Morgan fingerprint density at radius 1 is 1.41 bits per heavy atom. The van der Waals surface area contributed by atoms with Gasteiger partial charge in [-0.1, -0.05) is 38.4 Å². The monoisotopic (exact) mass is 258 g/mol. The first-order chi connectivity index (χ1) is 7.79. The van der Waals surface area contributed by atoms with E-state index in [-0.39, 0.29) is 17.2 Å². The van der Waals surface area contributed by atoms with Crippen molar-refractivity contribution in [3.8, 4) is 0 Å². The molecule has 5 heteroatoms. The first kappa shape index (κ1) is 14.0. The zero-order valence-corrected chi connectivity index (χ0v) is 11.4. The van der Waals surface area contributed by atoms with Gasteiger partial charge < -0.3 is 10.2 Å². The summed E-state index contributed by atoms with van der Waals surface area (Å²) in [7, 11) is 0. The smallest absolute Gasteiger partial charge is 0.245 e. The van der Waals surface area contributed by atoms with Crippen LogP contribution >= 0.6 is 11.6 Å². The van der Waals surface area contributed by atoms with Gasteiger partial charge in [0, 0.05) is 12.1 Å². The maximum atomic E-state index is 12.1. The molecule has 1 rings (SSSR count). The van der Waals surface area contributed by atoms with Crippen molar-refractivity contribution in [3.63, 3.8) is 0 Å². The van der Waals surface area contributed by atoms with Crippen LogP contribution in [-0.4, -0.2) is 35.3 Å². The highest BCUT2D eigenvalue weighted by molar-refractivity contribution is 6.25. The Bertz CT molecular complexity index is 347. The van der Waals surface area contributed by atoms with E-state index in [1.54, 1.807) is 17.9 Å². The number of nitrogens with zero attached hydrogens (tertiary/aromatic N) is 1. The average Bonchev–Trinajstić information content (AvgIpc) is 2.19. The molecule has 0 spiro atoms. The van der Waals surface area contributed by atoms with Gasteiger partial charge in [-0.2, -0.15) is 0 Å². The fraction of sp³-hybridized carbons (Fsp3) is 0.667. The van der Waals surface area contributed by atoms with Crippen molar-refractivity contribution in [1.29, 1.82) is 0 Å². The van der Waals surface area contributed by atoms with Crippen molar-refractivity contribution in [2.45, 2.75) is 39.8 Å². The summed E-state index contributed by atoms with van der Waals surface area (Å²) in [5.74, 6) is -0.174. The van der Waals surface area contributed by atoms with Crippen molar-refractivity contribution >= 4 is 23.4 Å². The highest BCUT2D eigenvalue weighted by atomic mass is 35.5. The van der Waals surface area contributed by atoms with Gasteiger partial charge in [-0.05, 0) is 12.3 Å². The van der Waals surface area contributed by atoms with Gasteiger partial charge in [0.1, 0.15) is 12.1 Å². The molecule has 96 valence electrons. The standard InChI is InChI=1S/C12H19ClN2O2/c1-8-11(17)15(7-5-6-13)9(10(16)14-8)12(2,3)4/h5-6,8-9H,7H2,1-4H3,(H,14,16)/b6-5+. The molecule has 1 aliphatic heterocycles. The van der Waals surface area contributed by atoms with Crippen LogP contribution < -0.4 is 5.32 Å². The topological polar surface area (TPSA) is 49.4 Å². The second kappa shape index (κ2) is 5.08. The maximum absolute atomic E-state index is 12.1. The van der Waals surface area contributed by atoms with Crippen molar-refractivity contribution in [3.05, 3.63) is 11.6 Å². The van der Waals surface area contributed by atoms with Gasteiger partial charge in [0.2, 0.25) is 11.8 Å². The van der Waals surface area contributed by atoms with Gasteiger partial charge in [-0.15, -0.1) is 0 Å². The van der Waals surface area contributed by atoms with E-state index in [0.29, 0.717) is 6.54 Å². The number of rotatable bonds is 2. The SMILES string of the molecule is CC1NC(=O)C(C(C)(C)C)N(C/C=C/Cl)C1=O. The van der Waals surface area contributed by atoms with Crippen LogP contribution in [0.2, 0.25) is 0 Å². The molecule has 1 N–H and O–H groups in total. The molecule has 0 aliphatic carbocycles. The average molecular weight is 259 g/mol. The number of hydrogen-bond acceptors (Lipinski definition) is 2. The lowest BCUT2D eigenvalue weighted by molar-refractivity contribution is -0.152. The number of nitrogens with one attached hydrogen (secondary N) is 1. The van der Waals surface area contributed by atoms with E-state index in [1.165, 1.54) is 5.54 Å². The van der Waals surface area contributed by atoms with E-state index in [0.717, 1.165) is 0 Å². The molecule has 0 bridgehead atoms. The minimum Gasteiger partial charge on any atom is -0.343 e. The molecule has 0 saturated carbocycles. The summed E-state index contributed by atoms with van der Waals surface area (Å²) in [6.45, 7) is 7.88. The first-order valence-corrected chi connectivity index (χ1v) is 6.08. The number of carbonyl (C=O) groups excluding carboxylic acids is 2. The highest BCUT2D eigenvalue weighted by Crippen LogP contribution is 2.27. The molecule has 1 aliphatic rings. The van der Waals surface area contributed by atoms with E-state index in [1.807, 2.05) is 20.8 Å². The van der Waals surface area contributed by atoms with Crippen LogP contribution in [0.25, 0.3) is 0 Å². The van der Waals surface area contributed by atoms with E-state index >= 15 is 0 Å². The Labute approximate surface area is 107 Å². The lowest BCUT2D eigenvalue weighted by Crippen LogP contribution is -2.65. The molecule has 17 heavy (non-hydrogen) atoms. The summed E-state index contributed by atoms with van der Waals surface area (Å²) >= 11 is 5.48.